The summed E-state index contributed by atoms with van der Waals surface area (Å²) in [6, 6.07) is 10.2. The van der Waals surface area contributed by atoms with Gasteiger partial charge in [0.2, 0.25) is 17.4 Å². The van der Waals surface area contributed by atoms with Crippen molar-refractivity contribution in [3.8, 4) is 17.0 Å². The number of hydrogen-bond donors (Lipinski definition) is 4. The molecule has 49 heavy (non-hydrogen) atoms. The van der Waals surface area contributed by atoms with Crippen molar-refractivity contribution in [3.63, 3.8) is 0 Å². The fourth-order valence-electron chi connectivity index (χ4n) is 7.36. The lowest BCUT2D eigenvalue weighted by Crippen LogP contribution is -2.51. The van der Waals surface area contributed by atoms with Gasteiger partial charge in [-0.15, -0.1) is 0 Å². The van der Waals surface area contributed by atoms with Crippen LogP contribution in [0, 0.1) is 24.1 Å². The minimum Gasteiger partial charge on any atom is -0.486 e. The molecule has 5 N–H and O–H groups in total. The highest BCUT2D eigenvalue weighted by molar-refractivity contribution is 6.06. The third kappa shape index (κ3) is 4.52. The maximum absolute atomic E-state index is 15.0. The Morgan fingerprint density at radius 1 is 1.08 bits per heavy atom. The van der Waals surface area contributed by atoms with Gasteiger partial charge in [0.1, 0.15) is 23.0 Å². The Labute approximate surface area is 276 Å². The molecule has 1 spiro atoms. The smallest absolute Gasteiger partial charge is 0.424 e. The summed E-state index contributed by atoms with van der Waals surface area (Å²) < 4.78 is 64.9. The highest BCUT2D eigenvalue weighted by atomic mass is 19.4. The second kappa shape index (κ2) is 10.2. The van der Waals surface area contributed by atoms with Crippen LogP contribution in [0.5, 0.6) is 5.75 Å². The van der Waals surface area contributed by atoms with E-state index in [1.807, 2.05) is 0 Å². The summed E-state index contributed by atoms with van der Waals surface area (Å²) in [4.78, 5) is 47.6. The van der Waals surface area contributed by atoms with Gasteiger partial charge in [0.05, 0.1) is 23.4 Å². The number of anilines is 1. The number of fused-ring (bicyclic) bond motifs is 6. The molecular weight excluding hydrogens is 646 g/mol. The van der Waals surface area contributed by atoms with Crippen LogP contribution in [-0.2, 0) is 20.6 Å². The number of aryl methyl sites for hydroxylation is 1. The number of alkyl halides is 3. The predicted octanol–water partition coefficient (Wildman–Crippen LogP) is 4.55. The third-order valence-electron chi connectivity index (χ3n) is 10.3. The molecule has 0 bridgehead atoms. The van der Waals surface area contributed by atoms with Crippen LogP contribution in [0.3, 0.4) is 0 Å². The van der Waals surface area contributed by atoms with E-state index >= 15 is 0 Å². The number of primary amides is 1. The van der Waals surface area contributed by atoms with Crippen molar-refractivity contribution < 1.29 is 41.8 Å². The summed E-state index contributed by atoms with van der Waals surface area (Å²) in [5.41, 5.74) is 0.544. The molecule has 4 aromatic rings. The summed E-state index contributed by atoms with van der Waals surface area (Å²) in [5, 5.41) is 16.9. The fourth-order valence-corrected chi connectivity index (χ4v) is 7.36. The molecule has 2 aromatic carbocycles. The number of aliphatic hydroxyl groups is 1. The van der Waals surface area contributed by atoms with Gasteiger partial charge in [0, 0.05) is 39.6 Å². The van der Waals surface area contributed by atoms with E-state index in [9.17, 15) is 37.1 Å². The number of hydrogen-bond acceptors (Lipinski definition) is 7. The fraction of sp³-hybridized carbons (Fsp3) is 0.343. The number of aromatic nitrogens is 2. The minimum atomic E-state index is -5.38. The van der Waals surface area contributed by atoms with Gasteiger partial charge < -0.3 is 26.2 Å². The molecular formula is C35H29F4N5O5. The van der Waals surface area contributed by atoms with E-state index in [1.54, 1.807) is 19.2 Å². The lowest BCUT2D eigenvalue weighted by molar-refractivity contribution is -0.265. The van der Waals surface area contributed by atoms with E-state index in [1.165, 1.54) is 24.3 Å². The Morgan fingerprint density at radius 3 is 2.43 bits per heavy atom. The maximum atomic E-state index is 15.0. The molecule has 2 aromatic heterocycles. The quantitative estimate of drug-likeness (QED) is 0.200. The molecule has 4 aliphatic rings. The number of nitrogens with zero attached hydrogens (tertiary/aromatic N) is 2. The molecule has 14 heteroatoms. The topological polar surface area (TPSA) is 157 Å². The SMILES string of the molecule is Cc1cnc2c(NC(=O)C3CC3)cc(C(=O)NCC(O)(c3cc4c(c(-c5ccc(F)cc5)n3)OC3C5(CC5)[C@@]43C(N)=O)C(F)(F)F)cc2c1. The number of carbonyl (C=O) groups excluding carboxylic acids is 3. The standard InChI is InChI=1S/C35H29F4N5O5/c1-16-10-19-11-20(12-23(25(19)41-14-16)43-29(46)18-2-3-18)28(45)42-15-33(48,35(37,38)39)24-13-22-27(26(44-24)17-4-6-21(36)7-5-17)49-30-32(8-9-32)34(22,30)31(40)47/h4-7,10-14,18,30,48H,2-3,8-9,15H2,1H3,(H2,40,47)(H,42,45)(H,43,46)/t30?,33?,34-/m0/s1. The van der Waals surface area contributed by atoms with Crippen molar-refractivity contribution in [1.82, 2.24) is 15.3 Å². The first-order valence-electron chi connectivity index (χ1n) is 15.8. The van der Waals surface area contributed by atoms with Crippen LogP contribution in [0.25, 0.3) is 22.2 Å². The molecule has 10 nitrogen and oxygen atoms in total. The molecule has 3 atom stereocenters. The van der Waals surface area contributed by atoms with E-state index in [0.29, 0.717) is 23.7 Å². The number of carbonyl (C=O) groups is 3. The number of halogens is 4. The monoisotopic (exact) mass is 675 g/mol. The second-order valence-corrected chi connectivity index (χ2v) is 13.5. The molecule has 0 saturated heterocycles. The lowest BCUT2D eigenvalue weighted by atomic mass is 9.86. The molecule has 8 rings (SSSR count). The zero-order chi connectivity index (χ0) is 34.7. The van der Waals surface area contributed by atoms with E-state index in [-0.39, 0.29) is 45.6 Å². The number of amides is 3. The Bertz CT molecular complexity index is 2110. The lowest BCUT2D eigenvalue weighted by Gasteiger charge is -2.31. The summed E-state index contributed by atoms with van der Waals surface area (Å²) in [6.07, 6.45) is -1.90. The first kappa shape index (κ1) is 31.2. The average molecular weight is 676 g/mol. The van der Waals surface area contributed by atoms with Gasteiger partial charge in [-0.05, 0) is 86.7 Å². The highest BCUT2D eigenvalue weighted by Crippen LogP contribution is 2.83. The zero-order valence-corrected chi connectivity index (χ0v) is 26.0. The van der Waals surface area contributed by atoms with Crippen LogP contribution in [0.15, 0.2) is 54.7 Å². The number of nitrogens with two attached hydrogens (primary N) is 1. The first-order valence-corrected chi connectivity index (χ1v) is 15.8. The zero-order valence-electron chi connectivity index (χ0n) is 26.0. The normalized spacial score (nSPS) is 22.4. The van der Waals surface area contributed by atoms with E-state index in [2.05, 4.69) is 20.6 Å². The molecule has 3 fully saturated rings. The average Bonchev–Trinajstić information content (AvgIpc) is 4.00. The van der Waals surface area contributed by atoms with Crippen LogP contribution in [0.4, 0.5) is 23.2 Å². The van der Waals surface area contributed by atoms with Gasteiger partial charge in [-0.25, -0.2) is 9.37 Å². The molecule has 3 saturated carbocycles. The minimum absolute atomic E-state index is 0.0334. The van der Waals surface area contributed by atoms with Crippen LogP contribution >= 0.6 is 0 Å². The van der Waals surface area contributed by atoms with Crippen molar-refractivity contribution in [2.75, 3.05) is 11.9 Å². The first-order chi connectivity index (χ1) is 23.2. The third-order valence-corrected chi connectivity index (χ3v) is 10.3. The van der Waals surface area contributed by atoms with Gasteiger partial charge in [-0.2, -0.15) is 13.2 Å². The van der Waals surface area contributed by atoms with Gasteiger partial charge in [-0.1, -0.05) is 0 Å². The Balaban J connectivity index is 1.19. The number of pyridine rings is 2. The van der Waals surface area contributed by atoms with Gasteiger partial charge >= 0.3 is 6.18 Å². The summed E-state index contributed by atoms with van der Waals surface area (Å²) in [5.74, 6) is -2.73. The molecule has 3 aliphatic carbocycles. The number of rotatable bonds is 8. The number of ether oxygens (including phenoxy) is 1. The number of nitrogens with one attached hydrogen (secondary N) is 2. The van der Waals surface area contributed by atoms with Crippen LogP contribution < -0.4 is 21.1 Å². The van der Waals surface area contributed by atoms with Crippen LogP contribution in [-0.4, -0.2) is 51.6 Å². The summed E-state index contributed by atoms with van der Waals surface area (Å²) >= 11 is 0. The van der Waals surface area contributed by atoms with Crippen LogP contribution in [0.1, 0.15) is 52.9 Å². The predicted molar refractivity (Wildman–Crippen MR) is 167 cm³/mol. The molecule has 2 unspecified atom stereocenters. The molecule has 1 aliphatic heterocycles. The number of benzene rings is 2. The second-order valence-electron chi connectivity index (χ2n) is 13.5. The van der Waals surface area contributed by atoms with Gasteiger partial charge in [0.25, 0.3) is 5.91 Å². The van der Waals surface area contributed by atoms with E-state index in [4.69, 9.17) is 10.5 Å². The van der Waals surface area contributed by atoms with E-state index < -0.39 is 58.6 Å². The molecule has 0 radical (unpaired) electrons. The molecule has 3 amide bonds. The maximum Gasteiger partial charge on any atom is 0.424 e. The van der Waals surface area contributed by atoms with Crippen molar-refractivity contribution >= 4 is 34.3 Å². The molecule has 3 heterocycles. The van der Waals surface area contributed by atoms with Gasteiger partial charge in [-0.3, -0.25) is 19.4 Å². The largest absolute Gasteiger partial charge is 0.486 e. The van der Waals surface area contributed by atoms with Crippen molar-refractivity contribution in [2.24, 2.45) is 17.1 Å². The van der Waals surface area contributed by atoms with Crippen molar-refractivity contribution in [3.05, 3.63) is 82.9 Å². The Hall–Kier alpha value is -5.11. The summed E-state index contributed by atoms with van der Waals surface area (Å²) in [6.45, 7) is 0.411. The van der Waals surface area contributed by atoms with Crippen molar-refractivity contribution in [1.29, 1.82) is 0 Å². The van der Waals surface area contributed by atoms with Crippen LogP contribution in [0.2, 0.25) is 0 Å². The Morgan fingerprint density at radius 2 is 1.80 bits per heavy atom. The summed E-state index contributed by atoms with van der Waals surface area (Å²) in [7, 11) is 0. The Kier molecular flexibility index (Phi) is 6.49. The van der Waals surface area contributed by atoms with E-state index in [0.717, 1.165) is 36.6 Å². The highest BCUT2D eigenvalue weighted by Gasteiger charge is 2.91. The van der Waals surface area contributed by atoms with Gasteiger partial charge in [0.15, 0.2) is 5.75 Å². The molecule has 252 valence electrons. The van der Waals surface area contributed by atoms with Crippen molar-refractivity contribution in [2.45, 2.75) is 55.9 Å².